The van der Waals surface area contributed by atoms with Crippen LogP contribution >= 0.6 is 0 Å². The number of nitrogens with zero attached hydrogens (tertiary/aromatic N) is 2. The third-order valence-corrected chi connectivity index (χ3v) is 5.92. The maximum Gasteiger partial charge on any atom is 0.321 e. The Morgan fingerprint density at radius 1 is 0.960 bits per heavy atom. The first-order valence-corrected chi connectivity index (χ1v) is 9.31. The standard InChI is InChI=1S/C17H19N3O4S/c21-15-6-4-5-14(13-15)18-17(22)19-9-11-20(12-10-19)25(23,24)16-7-2-1-3-8-16/h1-8,13,21H,9-12H2,(H,18,22). The number of urea groups is 1. The summed E-state index contributed by atoms with van der Waals surface area (Å²) in [6, 6.07) is 14.2. The van der Waals surface area contributed by atoms with Crippen molar-refractivity contribution in [1.82, 2.24) is 9.21 Å². The number of carbonyl (C=O) groups excluding carboxylic acids is 1. The van der Waals surface area contributed by atoms with Crippen LogP contribution in [0.5, 0.6) is 5.75 Å². The fourth-order valence-corrected chi connectivity index (χ4v) is 4.10. The number of benzene rings is 2. The fourth-order valence-electron chi connectivity index (χ4n) is 2.66. The van der Waals surface area contributed by atoms with Gasteiger partial charge in [-0.15, -0.1) is 0 Å². The molecule has 0 spiro atoms. The second kappa shape index (κ2) is 7.12. The lowest BCUT2D eigenvalue weighted by molar-refractivity contribution is 0.184. The van der Waals surface area contributed by atoms with Crippen LogP contribution in [-0.4, -0.2) is 54.9 Å². The number of hydrogen-bond acceptors (Lipinski definition) is 4. The molecule has 1 fully saturated rings. The molecule has 1 heterocycles. The van der Waals surface area contributed by atoms with Crippen molar-refractivity contribution in [2.45, 2.75) is 4.90 Å². The maximum atomic E-state index is 12.6. The molecule has 2 N–H and O–H groups in total. The van der Waals surface area contributed by atoms with Gasteiger partial charge < -0.3 is 15.3 Å². The molecule has 132 valence electrons. The Labute approximate surface area is 146 Å². The highest BCUT2D eigenvalue weighted by Gasteiger charge is 2.29. The van der Waals surface area contributed by atoms with Crippen LogP contribution in [0.4, 0.5) is 10.5 Å². The minimum absolute atomic E-state index is 0.0663. The van der Waals surface area contributed by atoms with Crippen molar-refractivity contribution < 1.29 is 18.3 Å². The van der Waals surface area contributed by atoms with E-state index in [0.717, 1.165) is 0 Å². The molecule has 2 amide bonds. The summed E-state index contributed by atoms with van der Waals surface area (Å²) in [5.74, 6) is 0.0663. The van der Waals surface area contributed by atoms with E-state index in [1.807, 2.05) is 0 Å². The molecule has 1 aliphatic heterocycles. The molecular weight excluding hydrogens is 342 g/mol. The summed E-state index contributed by atoms with van der Waals surface area (Å²) >= 11 is 0. The summed E-state index contributed by atoms with van der Waals surface area (Å²) in [7, 11) is -3.53. The van der Waals surface area contributed by atoms with Gasteiger partial charge in [0.1, 0.15) is 5.75 Å². The minimum atomic E-state index is -3.53. The van der Waals surface area contributed by atoms with Crippen LogP contribution in [0.1, 0.15) is 0 Å². The first-order chi connectivity index (χ1) is 12.0. The molecule has 2 aromatic carbocycles. The van der Waals surface area contributed by atoms with E-state index < -0.39 is 10.0 Å². The zero-order chi connectivity index (χ0) is 17.9. The maximum absolute atomic E-state index is 12.6. The van der Waals surface area contributed by atoms with E-state index in [1.54, 1.807) is 47.4 Å². The zero-order valence-corrected chi connectivity index (χ0v) is 14.3. The van der Waals surface area contributed by atoms with Gasteiger partial charge in [-0.25, -0.2) is 13.2 Å². The fraction of sp³-hybridized carbons (Fsp3) is 0.235. The minimum Gasteiger partial charge on any atom is -0.508 e. The normalized spacial score (nSPS) is 15.8. The summed E-state index contributed by atoms with van der Waals surface area (Å²) in [6.07, 6.45) is 0. The molecule has 1 saturated heterocycles. The third-order valence-electron chi connectivity index (χ3n) is 4.00. The summed E-state index contributed by atoms with van der Waals surface area (Å²) < 4.78 is 26.5. The topological polar surface area (TPSA) is 89.9 Å². The van der Waals surface area contributed by atoms with Gasteiger partial charge in [-0.05, 0) is 24.3 Å². The van der Waals surface area contributed by atoms with Crippen LogP contribution in [0.3, 0.4) is 0 Å². The number of hydrogen-bond donors (Lipinski definition) is 2. The van der Waals surface area contributed by atoms with Crippen molar-refractivity contribution in [3.63, 3.8) is 0 Å². The first-order valence-electron chi connectivity index (χ1n) is 7.87. The molecule has 25 heavy (non-hydrogen) atoms. The molecule has 0 radical (unpaired) electrons. The van der Waals surface area contributed by atoms with Crippen LogP contribution in [0, 0.1) is 0 Å². The number of rotatable bonds is 3. The molecule has 0 unspecified atom stereocenters. The summed E-state index contributed by atoms with van der Waals surface area (Å²) in [6.45, 7) is 1.09. The molecule has 0 aliphatic carbocycles. The third kappa shape index (κ3) is 3.92. The monoisotopic (exact) mass is 361 g/mol. The van der Waals surface area contributed by atoms with Crippen molar-refractivity contribution in [2.24, 2.45) is 0 Å². The first kappa shape index (κ1) is 17.2. The van der Waals surface area contributed by atoms with Crippen molar-refractivity contribution in [1.29, 1.82) is 0 Å². The molecule has 8 heteroatoms. The Bertz CT molecular complexity index is 847. The number of aromatic hydroxyl groups is 1. The predicted molar refractivity (Wildman–Crippen MR) is 93.9 cm³/mol. The predicted octanol–water partition coefficient (Wildman–Crippen LogP) is 1.93. The molecule has 0 saturated carbocycles. The van der Waals surface area contributed by atoms with Crippen molar-refractivity contribution >= 4 is 21.7 Å². The highest BCUT2D eigenvalue weighted by Crippen LogP contribution is 2.19. The lowest BCUT2D eigenvalue weighted by Crippen LogP contribution is -2.51. The molecule has 0 aromatic heterocycles. The number of nitrogens with one attached hydrogen (secondary N) is 1. The lowest BCUT2D eigenvalue weighted by Gasteiger charge is -2.34. The van der Waals surface area contributed by atoms with E-state index in [9.17, 15) is 18.3 Å². The van der Waals surface area contributed by atoms with Crippen LogP contribution in [0.2, 0.25) is 0 Å². The Hall–Kier alpha value is -2.58. The lowest BCUT2D eigenvalue weighted by atomic mass is 10.3. The smallest absolute Gasteiger partial charge is 0.321 e. The quantitative estimate of drug-likeness (QED) is 0.874. The SMILES string of the molecule is O=C(Nc1cccc(O)c1)N1CCN(S(=O)(=O)c2ccccc2)CC1. The largest absolute Gasteiger partial charge is 0.508 e. The van der Waals surface area contributed by atoms with E-state index in [0.29, 0.717) is 18.8 Å². The molecular formula is C17H19N3O4S. The van der Waals surface area contributed by atoms with Crippen LogP contribution < -0.4 is 5.32 Å². The Kier molecular flexibility index (Phi) is 4.91. The van der Waals surface area contributed by atoms with Gasteiger partial charge in [0, 0.05) is 37.9 Å². The average molecular weight is 361 g/mol. The van der Waals surface area contributed by atoms with Crippen LogP contribution in [-0.2, 0) is 10.0 Å². The van der Waals surface area contributed by atoms with Gasteiger partial charge in [-0.2, -0.15) is 4.31 Å². The summed E-state index contributed by atoms with van der Waals surface area (Å²) in [5.41, 5.74) is 0.490. The second-order valence-electron chi connectivity index (χ2n) is 5.68. The number of amides is 2. The van der Waals surface area contributed by atoms with Crippen LogP contribution in [0.25, 0.3) is 0 Å². The highest BCUT2D eigenvalue weighted by molar-refractivity contribution is 7.89. The Morgan fingerprint density at radius 3 is 2.28 bits per heavy atom. The number of carbonyl (C=O) groups is 1. The number of piperazine rings is 1. The molecule has 7 nitrogen and oxygen atoms in total. The number of anilines is 1. The van der Waals surface area contributed by atoms with Gasteiger partial charge in [0.2, 0.25) is 10.0 Å². The van der Waals surface area contributed by atoms with Gasteiger partial charge in [-0.3, -0.25) is 0 Å². The van der Waals surface area contributed by atoms with Crippen LogP contribution in [0.15, 0.2) is 59.5 Å². The molecule has 1 aliphatic rings. The van der Waals surface area contributed by atoms with E-state index in [1.165, 1.54) is 16.4 Å². The zero-order valence-electron chi connectivity index (χ0n) is 13.5. The van der Waals surface area contributed by atoms with E-state index in [-0.39, 0.29) is 29.8 Å². The van der Waals surface area contributed by atoms with Gasteiger partial charge in [0.25, 0.3) is 0 Å². The van der Waals surface area contributed by atoms with E-state index in [4.69, 9.17) is 0 Å². The van der Waals surface area contributed by atoms with Crippen molar-refractivity contribution in [2.75, 3.05) is 31.5 Å². The molecule has 3 rings (SSSR count). The van der Waals surface area contributed by atoms with Gasteiger partial charge >= 0.3 is 6.03 Å². The van der Waals surface area contributed by atoms with E-state index in [2.05, 4.69) is 5.32 Å². The molecule has 0 bridgehead atoms. The van der Waals surface area contributed by atoms with E-state index >= 15 is 0 Å². The Balaban J connectivity index is 1.61. The Morgan fingerprint density at radius 2 is 1.64 bits per heavy atom. The number of sulfonamides is 1. The summed E-state index contributed by atoms with van der Waals surface area (Å²) in [5, 5.41) is 12.1. The molecule has 0 atom stereocenters. The van der Waals surface area contributed by atoms with Gasteiger partial charge in [0.15, 0.2) is 0 Å². The van der Waals surface area contributed by atoms with Crippen molar-refractivity contribution in [3.05, 3.63) is 54.6 Å². The number of phenols is 1. The number of phenolic OH excluding ortho intramolecular Hbond substituents is 1. The molecule has 2 aromatic rings. The second-order valence-corrected chi connectivity index (χ2v) is 7.62. The average Bonchev–Trinajstić information content (AvgIpc) is 2.62. The van der Waals surface area contributed by atoms with Gasteiger partial charge in [-0.1, -0.05) is 24.3 Å². The summed E-state index contributed by atoms with van der Waals surface area (Å²) in [4.78, 5) is 14.1. The highest BCUT2D eigenvalue weighted by atomic mass is 32.2. The van der Waals surface area contributed by atoms with Gasteiger partial charge in [0.05, 0.1) is 4.90 Å². The van der Waals surface area contributed by atoms with Crippen molar-refractivity contribution in [3.8, 4) is 5.75 Å².